The molecule has 1 heterocycles. The third-order valence-corrected chi connectivity index (χ3v) is 5.69. The number of carbonyl (C=O) groups excluding carboxylic acids is 2. The van der Waals surface area contributed by atoms with Crippen LogP contribution >= 0.6 is 11.8 Å². The second kappa shape index (κ2) is 11.0. The Morgan fingerprint density at radius 1 is 1.18 bits per heavy atom. The van der Waals surface area contributed by atoms with Crippen LogP contribution in [-0.4, -0.2) is 47.3 Å². The van der Waals surface area contributed by atoms with Gasteiger partial charge in [0.25, 0.3) is 11.1 Å². The van der Waals surface area contributed by atoms with Crippen LogP contribution in [0.3, 0.4) is 0 Å². The normalized spacial score (nSPS) is 17.1. The molecule has 28 heavy (non-hydrogen) atoms. The lowest BCUT2D eigenvalue weighted by atomic mass is 9.86. The van der Waals surface area contributed by atoms with Gasteiger partial charge in [0.05, 0.1) is 6.04 Å². The Balaban J connectivity index is 2.06. The van der Waals surface area contributed by atoms with Crippen molar-refractivity contribution in [2.75, 3.05) is 19.3 Å². The Morgan fingerprint density at radius 2 is 1.86 bits per heavy atom. The van der Waals surface area contributed by atoms with E-state index in [9.17, 15) is 9.59 Å². The zero-order valence-electron chi connectivity index (χ0n) is 17.5. The maximum absolute atomic E-state index is 13.0. The summed E-state index contributed by atoms with van der Waals surface area (Å²) < 4.78 is 5.55. The van der Waals surface area contributed by atoms with Crippen LogP contribution in [0.25, 0.3) is 0 Å². The highest BCUT2D eigenvalue weighted by Crippen LogP contribution is 2.26. The molecule has 7 nitrogen and oxygen atoms in total. The first-order valence-corrected chi connectivity index (χ1v) is 11.2. The van der Waals surface area contributed by atoms with Gasteiger partial charge < -0.3 is 15.1 Å². The molecule has 1 amide bonds. The first-order chi connectivity index (χ1) is 13.3. The van der Waals surface area contributed by atoms with Gasteiger partial charge in [-0.2, -0.15) is 0 Å². The maximum atomic E-state index is 13.0. The minimum absolute atomic E-state index is 0.00638. The fourth-order valence-corrected chi connectivity index (χ4v) is 4.13. The van der Waals surface area contributed by atoms with Gasteiger partial charge in [-0.15, -0.1) is 10.2 Å². The number of aromatic nitrogens is 2. The van der Waals surface area contributed by atoms with Crippen molar-refractivity contribution in [2.24, 2.45) is 11.3 Å². The van der Waals surface area contributed by atoms with Crippen LogP contribution in [0.4, 0.5) is 0 Å². The van der Waals surface area contributed by atoms with E-state index in [-0.39, 0.29) is 28.9 Å². The highest BCUT2D eigenvalue weighted by Gasteiger charge is 2.32. The fraction of sp³-hybridized carbons (Fsp3) is 0.800. The Morgan fingerprint density at radius 3 is 2.46 bits per heavy atom. The number of carbonyl (C=O) groups is 2. The minimum atomic E-state index is -0.647. The summed E-state index contributed by atoms with van der Waals surface area (Å²) in [4.78, 5) is 25.8. The summed E-state index contributed by atoms with van der Waals surface area (Å²) in [5.74, 6) is 0.420. The number of thioether (sulfide) groups is 1. The number of hydrogen-bond acceptors (Lipinski definition) is 7. The zero-order chi connectivity index (χ0) is 20.6. The van der Waals surface area contributed by atoms with Crippen LogP contribution in [0.1, 0.15) is 76.4 Å². The van der Waals surface area contributed by atoms with Gasteiger partial charge in [0, 0.05) is 18.2 Å². The molecule has 1 aromatic rings. The highest BCUT2D eigenvalue weighted by atomic mass is 32.2. The van der Waals surface area contributed by atoms with Crippen molar-refractivity contribution in [3.05, 3.63) is 5.89 Å². The molecular formula is C20H34N4O3S. The highest BCUT2D eigenvalue weighted by molar-refractivity contribution is 7.99. The number of ketones is 1. The van der Waals surface area contributed by atoms with Crippen molar-refractivity contribution < 1.29 is 14.0 Å². The van der Waals surface area contributed by atoms with Crippen molar-refractivity contribution in [2.45, 2.75) is 77.0 Å². The molecule has 2 N–H and O–H groups in total. The molecule has 0 radical (unpaired) electrons. The molecule has 0 aliphatic heterocycles. The van der Waals surface area contributed by atoms with Crippen molar-refractivity contribution in [1.82, 2.24) is 20.8 Å². The maximum Gasteiger partial charge on any atom is 0.286 e. The van der Waals surface area contributed by atoms with Crippen molar-refractivity contribution in [1.29, 1.82) is 0 Å². The Labute approximate surface area is 172 Å². The number of nitrogens with zero attached hydrogens (tertiary/aromatic N) is 2. The Bertz CT molecular complexity index is 634. The lowest BCUT2D eigenvalue weighted by Crippen LogP contribution is -2.45. The first kappa shape index (κ1) is 22.9. The smallest absolute Gasteiger partial charge is 0.286 e. The molecule has 1 aliphatic carbocycles. The van der Waals surface area contributed by atoms with Gasteiger partial charge in [-0.1, -0.05) is 58.2 Å². The van der Waals surface area contributed by atoms with Gasteiger partial charge in [-0.25, -0.2) is 0 Å². The van der Waals surface area contributed by atoms with Crippen LogP contribution in [-0.2, 0) is 4.79 Å². The van der Waals surface area contributed by atoms with Gasteiger partial charge in [0.1, 0.15) is 0 Å². The number of hydrogen-bond donors (Lipinski definition) is 2. The van der Waals surface area contributed by atoms with Gasteiger partial charge in [-0.3, -0.25) is 9.59 Å². The summed E-state index contributed by atoms with van der Waals surface area (Å²) in [7, 11) is 1.87. The van der Waals surface area contributed by atoms with Gasteiger partial charge >= 0.3 is 0 Å². The lowest BCUT2D eigenvalue weighted by Gasteiger charge is -2.26. The molecule has 0 unspecified atom stereocenters. The van der Waals surface area contributed by atoms with Crippen molar-refractivity contribution in [3.8, 4) is 0 Å². The van der Waals surface area contributed by atoms with E-state index in [0.717, 1.165) is 38.0 Å². The Hall–Kier alpha value is -1.41. The number of nitrogens with one attached hydrogen (secondary N) is 2. The van der Waals surface area contributed by atoms with E-state index in [4.69, 9.17) is 4.42 Å². The summed E-state index contributed by atoms with van der Waals surface area (Å²) in [6.07, 6.45) is 6.84. The first-order valence-electron chi connectivity index (χ1n) is 10.3. The molecule has 1 aliphatic rings. The van der Waals surface area contributed by atoms with E-state index in [0.29, 0.717) is 11.6 Å². The molecule has 1 fully saturated rings. The molecule has 0 saturated heterocycles. The largest absolute Gasteiger partial charge is 0.408 e. The molecule has 0 bridgehead atoms. The Kier molecular flexibility index (Phi) is 8.95. The third kappa shape index (κ3) is 7.54. The summed E-state index contributed by atoms with van der Waals surface area (Å²) >= 11 is 1.40. The van der Waals surface area contributed by atoms with Crippen LogP contribution in [0.5, 0.6) is 0 Å². The lowest BCUT2D eigenvalue weighted by molar-refractivity contribution is -0.126. The van der Waals surface area contributed by atoms with Gasteiger partial charge in [0.15, 0.2) is 0 Å². The molecule has 1 aromatic heterocycles. The van der Waals surface area contributed by atoms with E-state index in [1.807, 2.05) is 7.05 Å². The summed E-state index contributed by atoms with van der Waals surface area (Å²) in [6.45, 7) is 6.97. The third-order valence-electron chi connectivity index (χ3n) is 4.87. The minimum Gasteiger partial charge on any atom is -0.408 e. The van der Waals surface area contributed by atoms with Crippen LogP contribution in [0.15, 0.2) is 9.64 Å². The average Bonchev–Trinajstić information content (AvgIpc) is 2.92. The average molecular weight is 411 g/mol. The molecule has 0 spiro atoms. The molecule has 0 aromatic carbocycles. The van der Waals surface area contributed by atoms with Gasteiger partial charge in [-0.05, 0) is 31.7 Å². The summed E-state index contributed by atoms with van der Waals surface area (Å²) in [5.41, 5.74) is -0.124. The number of rotatable bonds is 9. The molecule has 1 atom stereocenters. The second-order valence-electron chi connectivity index (χ2n) is 8.70. The summed E-state index contributed by atoms with van der Waals surface area (Å²) in [6, 6.07) is -0.647. The van der Waals surface area contributed by atoms with E-state index in [1.54, 1.807) is 0 Å². The summed E-state index contributed by atoms with van der Waals surface area (Å²) in [5, 5.41) is 14.3. The molecule has 158 valence electrons. The van der Waals surface area contributed by atoms with Gasteiger partial charge in [0.2, 0.25) is 11.7 Å². The fourth-order valence-electron chi connectivity index (χ4n) is 3.41. The van der Waals surface area contributed by atoms with Crippen LogP contribution in [0, 0.1) is 11.3 Å². The molecule has 2 rings (SSSR count). The molecular weight excluding hydrogens is 376 g/mol. The van der Waals surface area contributed by atoms with E-state index in [2.05, 4.69) is 41.6 Å². The van der Waals surface area contributed by atoms with E-state index in [1.165, 1.54) is 24.6 Å². The van der Waals surface area contributed by atoms with Crippen LogP contribution < -0.4 is 10.6 Å². The van der Waals surface area contributed by atoms with Crippen molar-refractivity contribution in [3.63, 3.8) is 0 Å². The standard InChI is InChI=1S/C20H34N4O3S/c1-20(2,3)13-15(22-17(26)14-9-7-5-6-8-10-14)16(25)18-23-24-19(27-18)28-12-11-21-4/h14-15,21H,5-13H2,1-4H3,(H,22,26)/t15-/m0/s1. The monoisotopic (exact) mass is 410 g/mol. The number of Topliss-reactive ketones (excluding diaryl/α,β-unsaturated/α-hetero) is 1. The SMILES string of the molecule is CNCCSc1nnc(C(=O)[C@H](CC(C)(C)C)NC(=O)C2CCCCCC2)o1. The van der Waals surface area contributed by atoms with Crippen LogP contribution in [0.2, 0.25) is 0 Å². The van der Waals surface area contributed by atoms with Crippen molar-refractivity contribution >= 4 is 23.5 Å². The number of amides is 1. The predicted octanol–water partition coefficient (Wildman–Crippen LogP) is 3.46. The predicted molar refractivity (Wildman–Crippen MR) is 110 cm³/mol. The van der Waals surface area contributed by atoms with E-state index >= 15 is 0 Å². The van der Waals surface area contributed by atoms with E-state index < -0.39 is 6.04 Å². The zero-order valence-corrected chi connectivity index (χ0v) is 18.4. The quantitative estimate of drug-likeness (QED) is 0.278. The second-order valence-corrected chi connectivity index (χ2v) is 9.75. The molecule has 8 heteroatoms. The topological polar surface area (TPSA) is 97.1 Å². The molecule has 1 saturated carbocycles.